The lowest BCUT2D eigenvalue weighted by atomic mass is 10.4. The normalized spacial score (nSPS) is 9.00. The average Bonchev–Trinajstić information content (AvgIpc) is 2.54. The van der Waals surface area contributed by atoms with Crippen molar-refractivity contribution in [2.45, 2.75) is 0 Å². The van der Waals surface area contributed by atoms with Gasteiger partial charge in [-0.05, 0) is 21.1 Å². The lowest BCUT2D eigenvalue weighted by Gasteiger charge is -1.90. The third-order valence-electron chi connectivity index (χ3n) is 0.919. The van der Waals surface area contributed by atoms with Gasteiger partial charge in [-0.25, -0.2) is 4.79 Å². The second-order valence-corrected chi connectivity index (χ2v) is 2.82. The first kappa shape index (κ1) is 11.6. The van der Waals surface area contributed by atoms with Gasteiger partial charge in [-0.2, -0.15) is 5.10 Å². The summed E-state index contributed by atoms with van der Waals surface area (Å²) in [5, 5.41) is 6.06. The Morgan fingerprint density at radius 3 is 2.38 bits per heavy atom. The number of hydrogen-bond donors (Lipinski definition) is 1. The van der Waals surface area contributed by atoms with Crippen molar-refractivity contribution < 1.29 is 9.53 Å². The summed E-state index contributed by atoms with van der Waals surface area (Å²) < 4.78 is 4.40. The summed E-state index contributed by atoms with van der Waals surface area (Å²) in [5.74, 6) is -0.372. The summed E-state index contributed by atoms with van der Waals surface area (Å²) in [6, 6.07) is 0. The highest BCUT2D eigenvalue weighted by atomic mass is 16.5. The van der Waals surface area contributed by atoms with Crippen molar-refractivity contribution in [3.63, 3.8) is 0 Å². The van der Waals surface area contributed by atoms with Crippen molar-refractivity contribution in [3.05, 3.63) is 18.0 Å². The molecule has 1 aromatic rings. The number of rotatable bonds is 1. The summed E-state index contributed by atoms with van der Waals surface area (Å²) in [6.45, 7) is 0. The predicted molar refractivity (Wildman–Crippen MR) is 49.5 cm³/mol. The minimum absolute atomic E-state index is 0.372. The maximum absolute atomic E-state index is 10.6. The summed E-state index contributed by atoms with van der Waals surface area (Å²) in [5.41, 5.74) is 0.442. The molecule has 0 saturated carbocycles. The lowest BCUT2D eigenvalue weighted by molar-refractivity contribution is 0.0601. The van der Waals surface area contributed by atoms with Crippen LogP contribution in [0, 0.1) is 0 Å². The van der Waals surface area contributed by atoms with E-state index >= 15 is 0 Å². The van der Waals surface area contributed by atoms with Crippen LogP contribution in [0.25, 0.3) is 0 Å². The van der Waals surface area contributed by atoms with Gasteiger partial charge >= 0.3 is 5.97 Å². The molecule has 0 saturated heterocycles. The maximum Gasteiger partial charge on any atom is 0.341 e. The van der Waals surface area contributed by atoms with E-state index in [9.17, 15) is 4.79 Å². The molecule has 1 heterocycles. The van der Waals surface area contributed by atoms with Crippen molar-refractivity contribution in [2.24, 2.45) is 0 Å². The van der Waals surface area contributed by atoms with Gasteiger partial charge in [0, 0.05) is 6.20 Å². The van der Waals surface area contributed by atoms with E-state index in [0.717, 1.165) is 0 Å². The molecule has 1 N–H and O–H groups in total. The van der Waals surface area contributed by atoms with Crippen LogP contribution in [0.1, 0.15) is 10.4 Å². The van der Waals surface area contributed by atoms with Crippen LogP contribution in [0.2, 0.25) is 0 Å². The van der Waals surface area contributed by atoms with Crippen LogP contribution in [0.5, 0.6) is 0 Å². The van der Waals surface area contributed by atoms with Crippen molar-refractivity contribution in [1.29, 1.82) is 0 Å². The SMILES string of the molecule is CN(C)C.COC(=O)c1cn[nH]c1. The van der Waals surface area contributed by atoms with Gasteiger partial charge in [-0.1, -0.05) is 0 Å². The molecule has 5 nitrogen and oxygen atoms in total. The molecule has 0 aliphatic rings. The number of aromatic nitrogens is 2. The number of aromatic amines is 1. The fraction of sp³-hybridized carbons (Fsp3) is 0.500. The predicted octanol–water partition coefficient (Wildman–Crippen LogP) is 0.374. The summed E-state index contributed by atoms with van der Waals surface area (Å²) in [4.78, 5) is 12.6. The Labute approximate surface area is 77.7 Å². The number of H-pyrrole nitrogens is 1. The van der Waals surface area contributed by atoms with Gasteiger partial charge in [0.2, 0.25) is 0 Å². The molecule has 5 heteroatoms. The topological polar surface area (TPSA) is 58.2 Å². The Bertz CT molecular complexity index is 229. The number of carbonyl (C=O) groups is 1. The highest BCUT2D eigenvalue weighted by Gasteiger charge is 2.03. The fourth-order valence-corrected chi connectivity index (χ4v) is 0.480. The number of nitrogens with one attached hydrogen (secondary N) is 1. The maximum atomic E-state index is 10.6. The Balaban J connectivity index is 0.000000310. The molecule has 0 aliphatic carbocycles. The minimum Gasteiger partial charge on any atom is -0.465 e. The molecule has 1 rings (SSSR count). The number of esters is 1. The molecule has 0 aliphatic heterocycles. The zero-order valence-electron chi connectivity index (χ0n) is 8.37. The number of nitrogens with zero attached hydrogens (tertiary/aromatic N) is 2. The first-order valence-corrected chi connectivity index (χ1v) is 3.76. The summed E-state index contributed by atoms with van der Waals surface area (Å²) in [7, 11) is 7.33. The zero-order valence-corrected chi connectivity index (χ0v) is 8.37. The fourth-order valence-electron chi connectivity index (χ4n) is 0.480. The van der Waals surface area contributed by atoms with E-state index in [1.165, 1.54) is 19.5 Å². The molecule has 74 valence electrons. The molecule has 0 aromatic carbocycles. The van der Waals surface area contributed by atoms with Crippen molar-refractivity contribution in [3.8, 4) is 0 Å². The van der Waals surface area contributed by atoms with Crippen molar-refractivity contribution in [2.75, 3.05) is 28.3 Å². The monoisotopic (exact) mass is 185 g/mol. The van der Waals surface area contributed by atoms with Gasteiger partial charge in [0.25, 0.3) is 0 Å². The quantitative estimate of drug-likeness (QED) is 0.642. The van der Waals surface area contributed by atoms with E-state index in [-0.39, 0.29) is 5.97 Å². The number of carbonyl (C=O) groups excluding carboxylic acids is 1. The summed E-state index contributed by atoms with van der Waals surface area (Å²) in [6.07, 6.45) is 2.89. The molecule has 1 aromatic heterocycles. The second-order valence-electron chi connectivity index (χ2n) is 2.82. The van der Waals surface area contributed by atoms with E-state index in [0.29, 0.717) is 5.56 Å². The molecular formula is C8H15N3O2. The van der Waals surface area contributed by atoms with Gasteiger partial charge in [0.15, 0.2) is 0 Å². The molecule has 0 spiro atoms. The molecule has 0 unspecified atom stereocenters. The Morgan fingerprint density at radius 2 is 2.08 bits per heavy atom. The first-order valence-electron chi connectivity index (χ1n) is 3.76. The Hall–Kier alpha value is -1.36. The highest BCUT2D eigenvalue weighted by Crippen LogP contribution is 1.94. The standard InChI is InChI=1S/C5H6N2O2.C3H9N/c1-9-5(8)4-2-6-7-3-4;1-4(2)3/h2-3H,1H3,(H,6,7);1-3H3. The molecule has 0 radical (unpaired) electrons. The summed E-state index contributed by atoms with van der Waals surface area (Å²) >= 11 is 0. The smallest absolute Gasteiger partial charge is 0.341 e. The highest BCUT2D eigenvalue weighted by molar-refractivity contribution is 5.88. The second kappa shape index (κ2) is 6.19. The lowest BCUT2D eigenvalue weighted by Crippen LogP contribution is -1.99. The van der Waals surface area contributed by atoms with E-state index in [2.05, 4.69) is 14.9 Å². The molecule has 0 amide bonds. The zero-order chi connectivity index (χ0) is 10.3. The number of methoxy groups -OCH3 is 1. The van der Waals surface area contributed by atoms with Crippen LogP contribution in [-0.4, -0.2) is 49.3 Å². The molecule has 0 fully saturated rings. The Morgan fingerprint density at radius 1 is 1.54 bits per heavy atom. The van der Waals surface area contributed by atoms with Crippen LogP contribution in [-0.2, 0) is 4.74 Å². The molecule has 0 atom stereocenters. The van der Waals surface area contributed by atoms with Crippen molar-refractivity contribution in [1.82, 2.24) is 15.1 Å². The van der Waals surface area contributed by atoms with E-state index in [4.69, 9.17) is 0 Å². The molecule has 0 bridgehead atoms. The van der Waals surface area contributed by atoms with E-state index in [1.807, 2.05) is 26.0 Å². The van der Waals surface area contributed by atoms with Crippen LogP contribution in [0.15, 0.2) is 12.4 Å². The number of ether oxygens (including phenoxy) is 1. The van der Waals surface area contributed by atoms with Gasteiger partial charge in [-0.15, -0.1) is 0 Å². The van der Waals surface area contributed by atoms with Crippen LogP contribution in [0.4, 0.5) is 0 Å². The van der Waals surface area contributed by atoms with Gasteiger partial charge < -0.3 is 9.64 Å². The number of hydrogen-bond acceptors (Lipinski definition) is 4. The third kappa shape index (κ3) is 5.86. The first-order chi connectivity index (χ1) is 6.07. The third-order valence-corrected chi connectivity index (χ3v) is 0.919. The van der Waals surface area contributed by atoms with Gasteiger partial charge in [0.05, 0.1) is 18.9 Å². The van der Waals surface area contributed by atoms with Crippen molar-refractivity contribution >= 4 is 5.97 Å². The van der Waals surface area contributed by atoms with Gasteiger partial charge in [0.1, 0.15) is 0 Å². The molecular weight excluding hydrogens is 170 g/mol. The van der Waals surface area contributed by atoms with Crippen LogP contribution >= 0.6 is 0 Å². The minimum atomic E-state index is -0.372. The van der Waals surface area contributed by atoms with E-state index in [1.54, 1.807) is 0 Å². The largest absolute Gasteiger partial charge is 0.465 e. The molecule has 13 heavy (non-hydrogen) atoms. The Kier molecular flexibility index (Phi) is 5.54. The van der Waals surface area contributed by atoms with E-state index < -0.39 is 0 Å². The van der Waals surface area contributed by atoms with Crippen LogP contribution in [0.3, 0.4) is 0 Å². The van der Waals surface area contributed by atoms with Crippen LogP contribution < -0.4 is 0 Å². The van der Waals surface area contributed by atoms with Gasteiger partial charge in [-0.3, -0.25) is 5.10 Å². The average molecular weight is 185 g/mol.